The Morgan fingerprint density at radius 3 is 2.61 bits per heavy atom. The van der Waals surface area contributed by atoms with Gasteiger partial charge in [0.15, 0.2) is 5.58 Å². The second-order valence-corrected chi connectivity index (χ2v) is 10.8. The van der Waals surface area contributed by atoms with Gasteiger partial charge in [-0.15, -0.1) is 0 Å². The Bertz CT molecular complexity index is 1290. The van der Waals surface area contributed by atoms with Gasteiger partial charge >= 0.3 is 6.09 Å². The first-order valence-corrected chi connectivity index (χ1v) is 11.5. The lowest BCUT2D eigenvalue weighted by atomic mass is 10.1. The average molecular weight is 466 g/mol. The minimum Gasteiger partial charge on any atom is -0.459 e. The molecule has 0 spiro atoms. The van der Waals surface area contributed by atoms with E-state index in [0.29, 0.717) is 35.3 Å². The third-order valence-electron chi connectivity index (χ3n) is 4.93. The zero-order chi connectivity index (χ0) is 22.6. The number of nitrogens with zero attached hydrogens (tertiary/aromatic N) is 1. The highest BCUT2D eigenvalue weighted by atomic mass is 35.5. The van der Waals surface area contributed by atoms with Gasteiger partial charge in [-0.05, 0) is 51.1 Å². The standard InChI is InChI=1S/C22H21ClFNO5S/c1-22(2,3)30-21(26)25-8-7-19-17(12-25)16-10-15(11-18(23)20(16)29-19)31(27,28)14-6-4-5-13(24)9-14/h4-6,9-11H,7-8,12H2,1-3H3. The molecule has 9 heteroatoms. The van der Waals surface area contributed by atoms with Crippen LogP contribution in [-0.4, -0.2) is 31.6 Å². The molecule has 6 nitrogen and oxygen atoms in total. The predicted molar refractivity (Wildman–Crippen MR) is 113 cm³/mol. The lowest BCUT2D eigenvalue weighted by Crippen LogP contribution is -2.39. The van der Waals surface area contributed by atoms with Crippen LogP contribution in [0.25, 0.3) is 11.0 Å². The molecule has 31 heavy (non-hydrogen) atoms. The van der Waals surface area contributed by atoms with Crippen molar-refractivity contribution in [3.05, 3.63) is 58.6 Å². The van der Waals surface area contributed by atoms with Gasteiger partial charge in [-0.25, -0.2) is 17.6 Å². The Morgan fingerprint density at radius 2 is 1.94 bits per heavy atom. The zero-order valence-corrected chi connectivity index (χ0v) is 18.8. The second-order valence-electron chi connectivity index (χ2n) is 8.40. The Morgan fingerprint density at radius 1 is 1.19 bits per heavy atom. The second kappa shape index (κ2) is 7.53. The van der Waals surface area contributed by atoms with Crippen LogP contribution in [0.5, 0.6) is 0 Å². The fourth-order valence-electron chi connectivity index (χ4n) is 3.52. The summed E-state index contributed by atoms with van der Waals surface area (Å²) in [5.41, 5.74) is 0.409. The molecular formula is C22H21ClFNO5S. The number of furan rings is 1. The molecule has 0 fully saturated rings. The Kier molecular flexibility index (Phi) is 5.26. The van der Waals surface area contributed by atoms with E-state index >= 15 is 0 Å². The molecule has 4 rings (SSSR count). The first-order chi connectivity index (χ1) is 14.5. The van der Waals surface area contributed by atoms with Gasteiger partial charge in [-0.3, -0.25) is 0 Å². The van der Waals surface area contributed by atoms with Crippen molar-refractivity contribution in [2.24, 2.45) is 0 Å². The maximum absolute atomic E-state index is 13.6. The average Bonchev–Trinajstić information content (AvgIpc) is 3.05. The Hall–Kier alpha value is -2.58. The van der Waals surface area contributed by atoms with Crippen molar-refractivity contribution in [3.8, 4) is 0 Å². The largest absolute Gasteiger partial charge is 0.459 e. The number of sulfone groups is 1. The molecule has 3 aromatic rings. The number of carbonyl (C=O) groups is 1. The highest BCUT2D eigenvalue weighted by Crippen LogP contribution is 2.38. The molecule has 0 N–H and O–H groups in total. The number of halogens is 2. The van der Waals surface area contributed by atoms with Crippen molar-refractivity contribution < 1.29 is 26.8 Å². The van der Waals surface area contributed by atoms with E-state index in [2.05, 4.69) is 0 Å². The van der Waals surface area contributed by atoms with E-state index in [4.69, 9.17) is 20.8 Å². The SMILES string of the molecule is CC(C)(C)OC(=O)N1CCc2oc3c(Cl)cc(S(=O)(=O)c4cccc(F)c4)cc3c2C1. The van der Waals surface area contributed by atoms with Gasteiger partial charge in [0.25, 0.3) is 0 Å². The van der Waals surface area contributed by atoms with Crippen LogP contribution in [0.4, 0.5) is 9.18 Å². The van der Waals surface area contributed by atoms with Crippen molar-refractivity contribution in [1.82, 2.24) is 4.90 Å². The predicted octanol–water partition coefficient (Wildman–Crippen LogP) is 5.35. The van der Waals surface area contributed by atoms with Crippen LogP contribution in [0, 0.1) is 5.82 Å². The normalized spacial score (nSPS) is 14.5. The number of carbonyl (C=O) groups excluding carboxylic acids is 1. The monoisotopic (exact) mass is 465 g/mol. The summed E-state index contributed by atoms with van der Waals surface area (Å²) in [7, 11) is -4.01. The van der Waals surface area contributed by atoms with Crippen molar-refractivity contribution in [2.75, 3.05) is 6.54 Å². The molecular weight excluding hydrogens is 445 g/mol. The van der Waals surface area contributed by atoms with Crippen LogP contribution >= 0.6 is 11.6 Å². The minimum absolute atomic E-state index is 0.0754. The number of benzene rings is 2. The molecule has 1 aliphatic rings. The molecule has 164 valence electrons. The number of fused-ring (bicyclic) bond motifs is 3. The van der Waals surface area contributed by atoms with Crippen LogP contribution in [-0.2, 0) is 27.5 Å². The summed E-state index contributed by atoms with van der Waals surface area (Å²) in [5, 5.41) is 0.636. The van der Waals surface area contributed by atoms with E-state index in [0.717, 1.165) is 6.07 Å². The summed E-state index contributed by atoms with van der Waals surface area (Å²) in [5.74, 6) is -0.000968. The number of amides is 1. The Labute approximate surface area is 184 Å². The molecule has 0 atom stereocenters. The van der Waals surface area contributed by atoms with Crippen molar-refractivity contribution in [1.29, 1.82) is 0 Å². The van der Waals surface area contributed by atoms with E-state index in [9.17, 15) is 17.6 Å². The molecule has 0 saturated carbocycles. The van der Waals surface area contributed by atoms with E-state index in [1.54, 1.807) is 25.7 Å². The maximum atomic E-state index is 13.6. The number of hydrogen-bond donors (Lipinski definition) is 0. The molecule has 0 saturated heterocycles. The minimum atomic E-state index is -4.01. The molecule has 1 amide bonds. The number of rotatable bonds is 2. The smallest absolute Gasteiger partial charge is 0.410 e. The topological polar surface area (TPSA) is 76.8 Å². The van der Waals surface area contributed by atoms with Crippen LogP contribution in [0.3, 0.4) is 0 Å². The van der Waals surface area contributed by atoms with Gasteiger partial charge in [-0.1, -0.05) is 17.7 Å². The molecule has 1 aromatic heterocycles. The fourth-order valence-corrected chi connectivity index (χ4v) is 5.19. The summed E-state index contributed by atoms with van der Waals surface area (Å²) in [6, 6.07) is 7.55. The molecule has 0 bridgehead atoms. The molecule has 1 aliphatic heterocycles. The van der Waals surface area contributed by atoms with Gasteiger partial charge in [0.05, 0.1) is 21.4 Å². The van der Waals surface area contributed by atoms with Crippen LogP contribution < -0.4 is 0 Å². The number of hydrogen-bond acceptors (Lipinski definition) is 5. The molecule has 0 aliphatic carbocycles. The first kappa shape index (κ1) is 21.6. The van der Waals surface area contributed by atoms with Gasteiger partial charge in [0.2, 0.25) is 9.84 Å². The van der Waals surface area contributed by atoms with E-state index in [-0.39, 0.29) is 21.4 Å². The fraction of sp³-hybridized carbons (Fsp3) is 0.318. The van der Waals surface area contributed by atoms with E-state index in [1.165, 1.54) is 30.3 Å². The van der Waals surface area contributed by atoms with Crippen molar-refractivity contribution >= 4 is 38.5 Å². The Balaban J connectivity index is 1.77. The van der Waals surface area contributed by atoms with E-state index in [1.807, 2.05) is 0 Å². The molecule has 0 radical (unpaired) electrons. The quantitative estimate of drug-likeness (QED) is 0.509. The third kappa shape index (κ3) is 4.14. The van der Waals surface area contributed by atoms with Gasteiger partial charge in [0.1, 0.15) is 17.2 Å². The highest BCUT2D eigenvalue weighted by Gasteiger charge is 2.30. The maximum Gasteiger partial charge on any atom is 0.410 e. The first-order valence-electron chi connectivity index (χ1n) is 9.68. The summed E-state index contributed by atoms with van der Waals surface area (Å²) in [6.45, 7) is 5.98. The van der Waals surface area contributed by atoms with Crippen molar-refractivity contribution in [2.45, 2.75) is 49.1 Å². The molecule has 0 unspecified atom stereocenters. The number of ether oxygens (including phenoxy) is 1. The van der Waals surface area contributed by atoms with Gasteiger partial charge < -0.3 is 14.1 Å². The van der Waals surface area contributed by atoms with Gasteiger partial charge in [0, 0.05) is 23.9 Å². The van der Waals surface area contributed by atoms with Crippen molar-refractivity contribution in [3.63, 3.8) is 0 Å². The van der Waals surface area contributed by atoms with Crippen LogP contribution in [0.15, 0.2) is 50.6 Å². The highest BCUT2D eigenvalue weighted by molar-refractivity contribution is 7.91. The summed E-state index contributed by atoms with van der Waals surface area (Å²) in [4.78, 5) is 13.8. The zero-order valence-electron chi connectivity index (χ0n) is 17.2. The summed E-state index contributed by atoms with van der Waals surface area (Å²) < 4.78 is 51.1. The summed E-state index contributed by atoms with van der Waals surface area (Å²) >= 11 is 6.36. The third-order valence-corrected chi connectivity index (χ3v) is 6.94. The molecule has 2 aromatic carbocycles. The van der Waals surface area contributed by atoms with E-state index < -0.39 is 27.3 Å². The lowest BCUT2D eigenvalue weighted by molar-refractivity contribution is 0.0220. The van der Waals surface area contributed by atoms with Gasteiger partial charge in [-0.2, -0.15) is 0 Å². The van der Waals surface area contributed by atoms with Crippen LogP contribution in [0.1, 0.15) is 32.1 Å². The van der Waals surface area contributed by atoms with Crippen LogP contribution in [0.2, 0.25) is 5.02 Å². The lowest BCUT2D eigenvalue weighted by Gasteiger charge is -2.29. The molecule has 2 heterocycles. The summed E-state index contributed by atoms with van der Waals surface area (Å²) in [6.07, 6.45) is -0.00639.